The maximum absolute atomic E-state index is 14.1. The van der Waals surface area contributed by atoms with E-state index in [1.165, 1.54) is 56.9 Å². The Bertz CT molecular complexity index is 706. The Kier molecular flexibility index (Phi) is 6.81. The average Bonchev–Trinajstić information content (AvgIpc) is 2.74. The summed E-state index contributed by atoms with van der Waals surface area (Å²) in [6.45, 7) is 3.46. The summed E-state index contributed by atoms with van der Waals surface area (Å²) in [5.74, 6) is 0.629. The molecule has 2 saturated carbocycles. The van der Waals surface area contributed by atoms with Gasteiger partial charge in [-0.3, -0.25) is 4.79 Å². The molecule has 2 bridgehead atoms. The number of fused-ring (bicyclic) bond motifs is 2. The van der Waals surface area contributed by atoms with Gasteiger partial charge in [-0.2, -0.15) is 0 Å². The van der Waals surface area contributed by atoms with Gasteiger partial charge in [0, 0.05) is 13.0 Å². The van der Waals surface area contributed by atoms with Crippen molar-refractivity contribution < 1.29 is 9.18 Å². The second-order valence-electron chi connectivity index (χ2n) is 10.4. The fourth-order valence-corrected chi connectivity index (χ4v) is 7.09. The van der Waals surface area contributed by atoms with Gasteiger partial charge >= 0.3 is 0 Å². The highest BCUT2D eigenvalue weighted by atomic mass is 19.1. The van der Waals surface area contributed by atoms with Gasteiger partial charge in [-0.1, -0.05) is 50.1 Å². The van der Waals surface area contributed by atoms with E-state index in [0.717, 1.165) is 13.0 Å². The number of hydrogen-bond acceptors (Lipinski definition) is 2. The molecule has 0 radical (unpaired) electrons. The van der Waals surface area contributed by atoms with Gasteiger partial charge in [-0.25, -0.2) is 4.39 Å². The number of carbonyl (C=O) groups excluding carboxylic acids is 1. The SMILES string of the molecule is CCC[C@@]12CCC[C@@](c3ccccc3)(CC(CCC(=O)N[C@H]3CCNC[C@@H]3F)C1)C2. The Morgan fingerprint density at radius 2 is 2.07 bits per heavy atom. The van der Waals surface area contributed by atoms with Crippen LogP contribution >= 0.6 is 0 Å². The molecular weight excluding hydrogens is 375 g/mol. The van der Waals surface area contributed by atoms with E-state index < -0.39 is 6.17 Å². The van der Waals surface area contributed by atoms with Crippen molar-refractivity contribution in [3.05, 3.63) is 35.9 Å². The van der Waals surface area contributed by atoms with Crippen molar-refractivity contribution in [3.63, 3.8) is 0 Å². The summed E-state index contributed by atoms with van der Waals surface area (Å²) in [6, 6.07) is 10.8. The Morgan fingerprint density at radius 3 is 2.83 bits per heavy atom. The average molecular weight is 415 g/mol. The topological polar surface area (TPSA) is 41.1 Å². The van der Waals surface area contributed by atoms with E-state index in [1.54, 1.807) is 0 Å². The number of hydrogen-bond donors (Lipinski definition) is 2. The van der Waals surface area contributed by atoms with Gasteiger partial charge in [0.05, 0.1) is 6.04 Å². The highest BCUT2D eigenvalue weighted by molar-refractivity contribution is 5.76. The minimum Gasteiger partial charge on any atom is -0.350 e. The van der Waals surface area contributed by atoms with Gasteiger partial charge in [0.25, 0.3) is 0 Å². The largest absolute Gasteiger partial charge is 0.350 e. The van der Waals surface area contributed by atoms with Gasteiger partial charge in [0.1, 0.15) is 6.17 Å². The fraction of sp³-hybridized carbons (Fsp3) is 0.731. The van der Waals surface area contributed by atoms with Crippen LogP contribution in [0.15, 0.2) is 30.3 Å². The lowest BCUT2D eigenvalue weighted by Crippen LogP contribution is -2.51. The maximum atomic E-state index is 14.1. The van der Waals surface area contributed by atoms with Crippen LogP contribution in [-0.2, 0) is 10.2 Å². The smallest absolute Gasteiger partial charge is 0.220 e. The summed E-state index contributed by atoms with van der Waals surface area (Å²) < 4.78 is 14.1. The Morgan fingerprint density at radius 1 is 1.23 bits per heavy atom. The van der Waals surface area contributed by atoms with E-state index in [0.29, 0.717) is 30.7 Å². The molecular formula is C26H39FN2O. The molecule has 1 aromatic carbocycles. The number of carbonyl (C=O) groups is 1. The third kappa shape index (κ3) is 4.74. The number of halogens is 1. The summed E-state index contributed by atoms with van der Waals surface area (Å²) in [6.07, 6.45) is 11.5. The summed E-state index contributed by atoms with van der Waals surface area (Å²) in [5.41, 5.74) is 2.24. The van der Waals surface area contributed by atoms with Gasteiger partial charge in [0.15, 0.2) is 0 Å². The highest BCUT2D eigenvalue weighted by Crippen LogP contribution is 2.60. The molecule has 3 aliphatic rings. The van der Waals surface area contributed by atoms with Gasteiger partial charge in [-0.05, 0) is 80.2 Å². The predicted molar refractivity (Wildman–Crippen MR) is 120 cm³/mol. The Labute approximate surface area is 181 Å². The third-order valence-corrected chi connectivity index (χ3v) is 8.18. The maximum Gasteiger partial charge on any atom is 0.220 e. The van der Waals surface area contributed by atoms with Crippen LogP contribution in [0.25, 0.3) is 0 Å². The van der Waals surface area contributed by atoms with E-state index in [1.807, 2.05) is 0 Å². The van der Waals surface area contributed by atoms with E-state index in [4.69, 9.17) is 0 Å². The number of benzene rings is 1. The highest BCUT2D eigenvalue weighted by Gasteiger charge is 2.50. The Hall–Kier alpha value is -1.42. The zero-order valence-electron chi connectivity index (χ0n) is 18.6. The second kappa shape index (κ2) is 9.38. The van der Waals surface area contributed by atoms with Crippen LogP contribution in [-0.4, -0.2) is 31.2 Å². The van der Waals surface area contributed by atoms with E-state index in [9.17, 15) is 9.18 Å². The number of amides is 1. The monoisotopic (exact) mass is 414 g/mol. The molecule has 4 heteroatoms. The normalized spacial score (nSPS) is 36.3. The first-order valence-electron chi connectivity index (χ1n) is 12.2. The Balaban J connectivity index is 1.43. The lowest BCUT2D eigenvalue weighted by atomic mass is 9.49. The molecule has 1 unspecified atom stereocenters. The zero-order valence-corrected chi connectivity index (χ0v) is 18.6. The molecule has 2 aliphatic carbocycles. The number of alkyl halides is 1. The predicted octanol–water partition coefficient (Wildman–Crippen LogP) is 5.29. The van der Waals surface area contributed by atoms with Crippen molar-refractivity contribution in [2.24, 2.45) is 11.3 Å². The molecule has 30 heavy (non-hydrogen) atoms. The first-order valence-corrected chi connectivity index (χ1v) is 12.2. The first kappa shape index (κ1) is 21.8. The number of nitrogens with one attached hydrogen (secondary N) is 2. The number of piperidine rings is 1. The number of rotatable bonds is 7. The van der Waals surface area contributed by atoms with Crippen LogP contribution in [0, 0.1) is 11.3 Å². The summed E-state index contributed by atoms with van der Waals surface area (Å²) in [4.78, 5) is 12.6. The fourth-order valence-electron chi connectivity index (χ4n) is 7.09. The molecule has 1 amide bonds. The lowest BCUT2D eigenvalue weighted by molar-refractivity contribution is -0.123. The molecule has 1 heterocycles. The van der Waals surface area contributed by atoms with E-state index in [2.05, 4.69) is 47.9 Å². The molecule has 1 saturated heterocycles. The summed E-state index contributed by atoms with van der Waals surface area (Å²) >= 11 is 0. The molecule has 3 nitrogen and oxygen atoms in total. The van der Waals surface area contributed by atoms with Crippen molar-refractivity contribution in [2.75, 3.05) is 13.1 Å². The van der Waals surface area contributed by atoms with Gasteiger partial charge in [-0.15, -0.1) is 0 Å². The van der Waals surface area contributed by atoms with Crippen molar-refractivity contribution in [3.8, 4) is 0 Å². The van der Waals surface area contributed by atoms with Gasteiger partial charge < -0.3 is 10.6 Å². The quantitative estimate of drug-likeness (QED) is 0.636. The summed E-state index contributed by atoms with van der Waals surface area (Å²) in [5, 5.41) is 6.03. The second-order valence-corrected chi connectivity index (χ2v) is 10.4. The molecule has 2 N–H and O–H groups in total. The minimum atomic E-state index is -0.967. The van der Waals surface area contributed by atoms with Crippen molar-refractivity contribution in [1.82, 2.24) is 10.6 Å². The molecule has 1 aliphatic heterocycles. The van der Waals surface area contributed by atoms with Crippen LogP contribution in [0.4, 0.5) is 4.39 Å². The van der Waals surface area contributed by atoms with Crippen LogP contribution in [0.5, 0.6) is 0 Å². The van der Waals surface area contributed by atoms with Gasteiger partial charge in [0.2, 0.25) is 5.91 Å². The molecule has 0 spiro atoms. The zero-order chi connectivity index (χ0) is 21.0. The van der Waals surface area contributed by atoms with Crippen LogP contribution in [0.2, 0.25) is 0 Å². The van der Waals surface area contributed by atoms with Crippen LogP contribution in [0.1, 0.15) is 83.1 Å². The standard InChI is InChI=1S/C26H39FN2O/c1-2-12-25-13-6-14-26(19-25,21-7-4-3-5-8-21)17-20(16-25)9-10-24(30)29-23-11-15-28-18-22(23)27/h3-5,7-8,20,22-23,28H,2,6,9-19H2,1H3,(H,29,30)/t20?,22-,23-,25+,26+/m0/s1. The van der Waals surface area contributed by atoms with Crippen molar-refractivity contribution in [2.45, 2.75) is 95.2 Å². The van der Waals surface area contributed by atoms with Crippen molar-refractivity contribution in [1.29, 1.82) is 0 Å². The first-order chi connectivity index (χ1) is 14.5. The molecule has 0 aromatic heterocycles. The third-order valence-electron chi connectivity index (χ3n) is 8.18. The molecule has 4 rings (SSSR count). The molecule has 5 atom stereocenters. The van der Waals surface area contributed by atoms with Crippen LogP contribution in [0.3, 0.4) is 0 Å². The van der Waals surface area contributed by atoms with Crippen LogP contribution < -0.4 is 10.6 Å². The van der Waals surface area contributed by atoms with Crippen molar-refractivity contribution >= 4 is 5.91 Å². The van der Waals surface area contributed by atoms with E-state index >= 15 is 0 Å². The summed E-state index contributed by atoms with van der Waals surface area (Å²) in [7, 11) is 0. The minimum absolute atomic E-state index is 0.0404. The lowest BCUT2D eigenvalue weighted by Gasteiger charge is -2.56. The van der Waals surface area contributed by atoms with E-state index in [-0.39, 0.29) is 17.4 Å². The molecule has 1 aromatic rings. The molecule has 3 fully saturated rings. The molecule has 166 valence electrons.